The molecule has 5 N–H and O–H groups in total. The summed E-state index contributed by atoms with van der Waals surface area (Å²) < 4.78 is 28.0. The standard InChI is InChI=1S/C36H43N3O9/c1-3-47-36-28(16-18-45-20-21-46-19-17-40)29(25-12-14-27(15-13-25)35(43)44-2)22-32(48-36)34(42)38-23-24-8-10-26(11-9-24)33(41)39-31-7-5-4-6-30(31)37/h4-15,22,28-29,36,40H,3,16-21,23,37H2,1-2H3,(H,38,42)(H,39,41)/t28-,29-,36-/m0/s1. The van der Waals surface area contributed by atoms with Gasteiger partial charge in [0.05, 0.1) is 50.5 Å². The molecule has 0 radical (unpaired) electrons. The molecule has 48 heavy (non-hydrogen) atoms. The molecule has 0 saturated heterocycles. The maximum atomic E-state index is 13.4. The average molecular weight is 662 g/mol. The van der Waals surface area contributed by atoms with Gasteiger partial charge >= 0.3 is 5.97 Å². The Kier molecular flexibility index (Phi) is 13.9. The molecule has 3 aromatic rings. The first-order chi connectivity index (χ1) is 23.3. The normalized spacial score (nSPS) is 17.1. The van der Waals surface area contributed by atoms with Crippen molar-refractivity contribution in [3.63, 3.8) is 0 Å². The largest absolute Gasteiger partial charge is 0.465 e. The number of nitrogens with one attached hydrogen (secondary N) is 2. The Balaban J connectivity index is 1.46. The van der Waals surface area contributed by atoms with Gasteiger partial charge in [-0.1, -0.05) is 36.4 Å². The molecule has 256 valence electrons. The molecule has 0 spiro atoms. The van der Waals surface area contributed by atoms with E-state index < -0.39 is 18.2 Å². The van der Waals surface area contributed by atoms with Gasteiger partial charge < -0.3 is 45.2 Å². The number of aliphatic hydroxyl groups excluding tert-OH is 1. The molecule has 3 aromatic carbocycles. The van der Waals surface area contributed by atoms with Gasteiger partial charge in [0.1, 0.15) is 0 Å². The first kappa shape index (κ1) is 36.1. The SMILES string of the molecule is CCO[C@H]1OC(C(=O)NCc2ccc(C(=O)Nc3ccccc3N)cc2)=C[C@@H](c2ccc(C(=O)OC)cc2)[C@@H]1CCOCCOCCO. The van der Waals surface area contributed by atoms with Crippen LogP contribution in [0.25, 0.3) is 0 Å². The molecule has 2 amide bonds. The molecular formula is C36H43N3O9. The highest BCUT2D eigenvalue weighted by atomic mass is 16.7. The van der Waals surface area contributed by atoms with Crippen molar-refractivity contribution in [2.45, 2.75) is 32.1 Å². The van der Waals surface area contributed by atoms with Gasteiger partial charge in [0.2, 0.25) is 6.29 Å². The lowest BCUT2D eigenvalue weighted by atomic mass is 9.81. The van der Waals surface area contributed by atoms with Crippen LogP contribution in [0.1, 0.15) is 51.1 Å². The highest BCUT2D eigenvalue weighted by Gasteiger charge is 2.38. The van der Waals surface area contributed by atoms with E-state index in [4.69, 9.17) is 34.5 Å². The number of nitrogens with two attached hydrogens (primary N) is 1. The van der Waals surface area contributed by atoms with Crippen LogP contribution < -0.4 is 16.4 Å². The van der Waals surface area contributed by atoms with Crippen molar-refractivity contribution in [2.75, 3.05) is 57.8 Å². The van der Waals surface area contributed by atoms with Crippen LogP contribution in [0.4, 0.5) is 11.4 Å². The lowest BCUT2D eigenvalue weighted by Gasteiger charge is -2.37. The topological polar surface area (TPSA) is 168 Å². The van der Waals surface area contributed by atoms with Crippen molar-refractivity contribution in [3.05, 3.63) is 107 Å². The average Bonchev–Trinajstić information content (AvgIpc) is 3.11. The van der Waals surface area contributed by atoms with E-state index in [1.807, 2.05) is 19.1 Å². The zero-order chi connectivity index (χ0) is 34.3. The van der Waals surface area contributed by atoms with Crippen molar-refractivity contribution >= 4 is 29.2 Å². The van der Waals surface area contributed by atoms with Crippen LogP contribution in [0.3, 0.4) is 0 Å². The van der Waals surface area contributed by atoms with E-state index in [2.05, 4.69) is 10.6 Å². The van der Waals surface area contributed by atoms with E-state index in [1.54, 1.807) is 66.7 Å². The molecule has 1 aliphatic rings. The van der Waals surface area contributed by atoms with E-state index in [0.717, 1.165) is 11.1 Å². The maximum Gasteiger partial charge on any atom is 0.337 e. The maximum absolute atomic E-state index is 13.4. The Labute approximate surface area is 280 Å². The van der Waals surface area contributed by atoms with Crippen molar-refractivity contribution < 1.29 is 43.2 Å². The van der Waals surface area contributed by atoms with Gasteiger partial charge in [0.15, 0.2) is 5.76 Å². The third-order valence-corrected chi connectivity index (χ3v) is 7.74. The number of methoxy groups -OCH3 is 1. The zero-order valence-electron chi connectivity index (χ0n) is 27.2. The molecule has 1 heterocycles. The number of allylic oxidation sites excluding steroid dienone is 1. The number of rotatable bonds is 17. The second kappa shape index (κ2) is 18.6. The zero-order valence-corrected chi connectivity index (χ0v) is 27.2. The van der Waals surface area contributed by atoms with Crippen molar-refractivity contribution in [1.82, 2.24) is 5.32 Å². The summed E-state index contributed by atoms with van der Waals surface area (Å²) in [6.45, 7) is 3.71. The summed E-state index contributed by atoms with van der Waals surface area (Å²) >= 11 is 0. The van der Waals surface area contributed by atoms with Crippen LogP contribution in [0.15, 0.2) is 84.6 Å². The molecule has 0 fully saturated rings. The highest BCUT2D eigenvalue weighted by molar-refractivity contribution is 6.05. The van der Waals surface area contributed by atoms with Gasteiger partial charge in [-0.25, -0.2) is 4.79 Å². The molecule has 0 bridgehead atoms. The Morgan fingerprint density at radius 1 is 0.875 bits per heavy atom. The number of nitrogen functional groups attached to an aromatic ring is 1. The van der Waals surface area contributed by atoms with Gasteiger partial charge in [-0.2, -0.15) is 0 Å². The fraction of sp³-hybridized carbons (Fsp3) is 0.361. The van der Waals surface area contributed by atoms with Gasteiger partial charge in [-0.15, -0.1) is 0 Å². The second-order valence-corrected chi connectivity index (χ2v) is 10.9. The van der Waals surface area contributed by atoms with E-state index in [9.17, 15) is 14.4 Å². The highest BCUT2D eigenvalue weighted by Crippen LogP contribution is 2.39. The number of benzene rings is 3. The Morgan fingerprint density at radius 3 is 2.23 bits per heavy atom. The number of carbonyl (C=O) groups is 3. The Bertz CT molecular complexity index is 1530. The number of ether oxygens (including phenoxy) is 5. The fourth-order valence-electron chi connectivity index (χ4n) is 5.23. The number of amides is 2. The minimum Gasteiger partial charge on any atom is -0.465 e. The summed E-state index contributed by atoms with van der Waals surface area (Å²) in [5.74, 6) is -1.57. The van der Waals surface area contributed by atoms with Crippen LogP contribution in [-0.2, 0) is 35.0 Å². The molecule has 1 aliphatic heterocycles. The van der Waals surface area contributed by atoms with E-state index in [1.165, 1.54) is 7.11 Å². The second-order valence-electron chi connectivity index (χ2n) is 10.9. The number of aliphatic hydroxyl groups is 1. The third-order valence-electron chi connectivity index (χ3n) is 7.74. The minimum atomic E-state index is -0.739. The Morgan fingerprint density at radius 2 is 1.56 bits per heavy atom. The smallest absolute Gasteiger partial charge is 0.337 e. The summed E-state index contributed by atoms with van der Waals surface area (Å²) in [5.41, 5.74) is 9.43. The van der Waals surface area contributed by atoms with Crippen LogP contribution in [0.2, 0.25) is 0 Å². The molecule has 12 nitrogen and oxygen atoms in total. The van der Waals surface area contributed by atoms with Gasteiger partial charge in [-0.05, 0) is 66.9 Å². The summed E-state index contributed by atoms with van der Waals surface area (Å²) in [7, 11) is 1.33. The monoisotopic (exact) mass is 661 g/mol. The lowest BCUT2D eigenvalue weighted by molar-refractivity contribution is -0.168. The molecule has 0 aromatic heterocycles. The predicted octanol–water partition coefficient (Wildman–Crippen LogP) is 4.02. The summed E-state index contributed by atoms with van der Waals surface area (Å²) in [4.78, 5) is 38.2. The van der Waals surface area contributed by atoms with Crippen molar-refractivity contribution in [1.29, 1.82) is 0 Å². The number of carbonyl (C=O) groups excluding carboxylic acids is 3. The van der Waals surface area contributed by atoms with Crippen LogP contribution in [0.5, 0.6) is 0 Å². The molecule has 4 rings (SSSR count). The van der Waals surface area contributed by atoms with E-state index >= 15 is 0 Å². The number of hydrogen-bond acceptors (Lipinski definition) is 10. The summed E-state index contributed by atoms with van der Waals surface area (Å²) in [6.07, 6.45) is 1.59. The number of esters is 1. The molecule has 3 atom stereocenters. The summed E-state index contributed by atoms with van der Waals surface area (Å²) in [6, 6.07) is 20.9. The first-order valence-corrected chi connectivity index (χ1v) is 15.8. The minimum absolute atomic E-state index is 0.0510. The van der Waals surface area contributed by atoms with Crippen LogP contribution in [0, 0.1) is 5.92 Å². The fourth-order valence-corrected chi connectivity index (χ4v) is 5.23. The van der Waals surface area contributed by atoms with E-state index in [-0.39, 0.29) is 43.3 Å². The van der Waals surface area contributed by atoms with Crippen molar-refractivity contribution in [2.24, 2.45) is 5.92 Å². The quantitative estimate of drug-likeness (QED) is 0.0943. The number of para-hydroxylation sites is 2. The molecule has 0 unspecified atom stereocenters. The third kappa shape index (κ3) is 10.1. The Hall–Kier alpha value is -4.75. The van der Waals surface area contributed by atoms with Gasteiger partial charge in [-0.3, -0.25) is 9.59 Å². The summed E-state index contributed by atoms with van der Waals surface area (Å²) in [5, 5.41) is 14.6. The predicted molar refractivity (Wildman–Crippen MR) is 179 cm³/mol. The molecular weight excluding hydrogens is 618 g/mol. The number of hydrogen-bond donors (Lipinski definition) is 4. The molecule has 12 heteroatoms. The molecule has 0 saturated carbocycles. The van der Waals surface area contributed by atoms with Crippen molar-refractivity contribution in [3.8, 4) is 0 Å². The van der Waals surface area contributed by atoms with Crippen LogP contribution in [-0.4, -0.2) is 75.9 Å². The molecule has 0 aliphatic carbocycles. The lowest BCUT2D eigenvalue weighted by Crippen LogP contribution is -2.39. The van der Waals surface area contributed by atoms with Gasteiger partial charge in [0.25, 0.3) is 11.8 Å². The first-order valence-electron chi connectivity index (χ1n) is 15.8. The number of anilines is 2. The van der Waals surface area contributed by atoms with E-state index in [0.29, 0.717) is 55.4 Å². The van der Waals surface area contributed by atoms with Crippen LogP contribution >= 0.6 is 0 Å². The van der Waals surface area contributed by atoms with Gasteiger partial charge in [0, 0.05) is 37.2 Å².